The van der Waals surface area contributed by atoms with E-state index in [1.807, 2.05) is 6.20 Å². The summed E-state index contributed by atoms with van der Waals surface area (Å²) >= 11 is 0. The van der Waals surface area contributed by atoms with Gasteiger partial charge < -0.3 is 9.72 Å². The van der Waals surface area contributed by atoms with E-state index in [-0.39, 0.29) is 0 Å². The number of rotatable bonds is 2. The van der Waals surface area contributed by atoms with Gasteiger partial charge in [0, 0.05) is 5.57 Å². The molecule has 1 aliphatic rings. The highest BCUT2D eigenvalue weighted by atomic mass is 16.5. The molecule has 1 N–H and O–H groups in total. The van der Waals surface area contributed by atoms with Gasteiger partial charge in [-0.15, -0.1) is 0 Å². The first-order valence-electron chi connectivity index (χ1n) is 5.66. The number of nitrogens with one attached hydrogen (secondary N) is 1. The van der Waals surface area contributed by atoms with E-state index in [1.54, 1.807) is 13.4 Å². The molecule has 0 saturated carbocycles. The van der Waals surface area contributed by atoms with E-state index in [1.165, 1.54) is 22.3 Å². The second-order valence-corrected chi connectivity index (χ2v) is 4.27. The van der Waals surface area contributed by atoms with E-state index in [0.717, 1.165) is 17.9 Å². The normalized spacial score (nSPS) is 13.4. The van der Waals surface area contributed by atoms with Crippen LogP contribution in [0.15, 0.2) is 30.7 Å². The Labute approximate surface area is 100 Å². The van der Waals surface area contributed by atoms with Crippen LogP contribution in [0.1, 0.15) is 22.4 Å². The minimum atomic E-state index is 0.941. The number of hydrogen-bond donors (Lipinski definition) is 1. The molecule has 0 amide bonds. The Morgan fingerprint density at radius 1 is 1.35 bits per heavy atom. The zero-order valence-electron chi connectivity index (χ0n) is 9.95. The summed E-state index contributed by atoms with van der Waals surface area (Å²) in [5.74, 6) is 0.941. The second kappa shape index (κ2) is 3.77. The minimum Gasteiger partial charge on any atom is -0.496 e. The molecular weight excluding hydrogens is 212 g/mol. The molecule has 3 heteroatoms. The highest BCUT2D eigenvalue weighted by Crippen LogP contribution is 2.35. The number of benzene rings is 1. The van der Waals surface area contributed by atoms with Gasteiger partial charge in [-0.2, -0.15) is 0 Å². The first-order valence-corrected chi connectivity index (χ1v) is 5.66. The van der Waals surface area contributed by atoms with Gasteiger partial charge in [0.25, 0.3) is 0 Å². The largest absolute Gasteiger partial charge is 0.496 e. The van der Waals surface area contributed by atoms with Gasteiger partial charge in [-0.3, -0.25) is 0 Å². The molecule has 0 atom stereocenters. The fraction of sp³-hybridized carbons (Fsp3) is 0.214. The quantitative estimate of drug-likeness (QED) is 0.855. The standard InChI is InChI=1S/C14H14N2O/c1-9-5-10-3-4-11(13-7-15-8-16-13)12(10)6-14(9)17-2/h4-8H,3H2,1-2H3,(H,15,16). The Morgan fingerprint density at radius 3 is 2.94 bits per heavy atom. The van der Waals surface area contributed by atoms with Crippen LogP contribution in [-0.2, 0) is 6.42 Å². The highest BCUT2D eigenvalue weighted by Gasteiger charge is 2.18. The van der Waals surface area contributed by atoms with Crippen LogP contribution in [0.5, 0.6) is 5.75 Å². The maximum Gasteiger partial charge on any atom is 0.122 e. The average Bonchev–Trinajstić information content (AvgIpc) is 2.95. The number of allylic oxidation sites excluding steroid dienone is 1. The van der Waals surface area contributed by atoms with Gasteiger partial charge in [-0.25, -0.2) is 4.98 Å². The van der Waals surface area contributed by atoms with Crippen molar-refractivity contribution in [2.75, 3.05) is 7.11 Å². The van der Waals surface area contributed by atoms with Gasteiger partial charge >= 0.3 is 0 Å². The van der Waals surface area contributed by atoms with Crippen molar-refractivity contribution in [2.45, 2.75) is 13.3 Å². The Balaban J connectivity index is 2.12. The second-order valence-electron chi connectivity index (χ2n) is 4.27. The Morgan fingerprint density at radius 2 is 2.24 bits per heavy atom. The third kappa shape index (κ3) is 1.55. The highest BCUT2D eigenvalue weighted by molar-refractivity contribution is 5.83. The molecule has 3 rings (SSSR count). The van der Waals surface area contributed by atoms with E-state index >= 15 is 0 Å². The maximum atomic E-state index is 5.38. The maximum absolute atomic E-state index is 5.38. The number of fused-ring (bicyclic) bond motifs is 1. The van der Waals surface area contributed by atoms with Crippen molar-refractivity contribution >= 4 is 5.57 Å². The van der Waals surface area contributed by atoms with Crippen LogP contribution in [0.2, 0.25) is 0 Å². The van der Waals surface area contributed by atoms with Gasteiger partial charge in [0.15, 0.2) is 0 Å². The van der Waals surface area contributed by atoms with Gasteiger partial charge in [-0.1, -0.05) is 12.1 Å². The number of aromatic amines is 1. The van der Waals surface area contributed by atoms with Crippen LogP contribution in [0.25, 0.3) is 5.57 Å². The van der Waals surface area contributed by atoms with Gasteiger partial charge in [0.2, 0.25) is 0 Å². The summed E-state index contributed by atoms with van der Waals surface area (Å²) in [6.07, 6.45) is 6.78. The number of nitrogens with zero attached hydrogens (tertiary/aromatic N) is 1. The SMILES string of the molecule is COc1cc2c(cc1C)CC=C2c1cnc[nH]1. The summed E-state index contributed by atoms with van der Waals surface area (Å²) in [4.78, 5) is 7.22. The molecule has 86 valence electrons. The Kier molecular flexibility index (Phi) is 2.25. The molecule has 0 radical (unpaired) electrons. The molecule has 1 aromatic carbocycles. The monoisotopic (exact) mass is 226 g/mol. The lowest BCUT2D eigenvalue weighted by Crippen LogP contribution is -1.93. The van der Waals surface area contributed by atoms with Crippen LogP contribution in [0, 0.1) is 6.92 Å². The third-order valence-corrected chi connectivity index (χ3v) is 3.23. The molecular formula is C14H14N2O. The molecule has 2 aromatic rings. The summed E-state index contributed by atoms with van der Waals surface area (Å²) in [6.45, 7) is 2.08. The van der Waals surface area contributed by atoms with Crippen LogP contribution in [-0.4, -0.2) is 17.1 Å². The average molecular weight is 226 g/mol. The van der Waals surface area contributed by atoms with Gasteiger partial charge in [-0.05, 0) is 36.1 Å². The van der Waals surface area contributed by atoms with Crippen LogP contribution >= 0.6 is 0 Å². The summed E-state index contributed by atoms with van der Waals surface area (Å²) in [5.41, 5.74) is 6.07. The lowest BCUT2D eigenvalue weighted by atomic mass is 10.0. The van der Waals surface area contributed by atoms with Crippen molar-refractivity contribution in [1.82, 2.24) is 9.97 Å². The zero-order valence-corrected chi connectivity index (χ0v) is 9.95. The molecule has 0 saturated heterocycles. The minimum absolute atomic E-state index is 0.941. The van der Waals surface area contributed by atoms with Crippen LogP contribution < -0.4 is 4.74 Å². The third-order valence-electron chi connectivity index (χ3n) is 3.23. The molecule has 1 aromatic heterocycles. The number of methoxy groups -OCH3 is 1. The fourth-order valence-corrected chi connectivity index (χ4v) is 2.37. The number of ether oxygens (including phenoxy) is 1. The molecule has 3 nitrogen and oxygen atoms in total. The first kappa shape index (κ1) is 10.1. The van der Waals surface area contributed by atoms with E-state index in [0.29, 0.717) is 0 Å². The predicted molar refractivity (Wildman–Crippen MR) is 67.1 cm³/mol. The lowest BCUT2D eigenvalue weighted by Gasteiger charge is -2.10. The van der Waals surface area contributed by atoms with Crippen molar-refractivity contribution in [3.05, 3.63) is 53.1 Å². The summed E-state index contributed by atoms with van der Waals surface area (Å²) in [5, 5.41) is 0. The number of H-pyrrole nitrogens is 1. The Hall–Kier alpha value is -2.03. The molecule has 0 bridgehead atoms. The molecule has 1 heterocycles. The molecule has 0 spiro atoms. The predicted octanol–water partition coefficient (Wildman–Crippen LogP) is 2.71. The smallest absolute Gasteiger partial charge is 0.122 e. The van der Waals surface area contributed by atoms with E-state index in [9.17, 15) is 0 Å². The number of aryl methyl sites for hydroxylation is 1. The fourth-order valence-electron chi connectivity index (χ4n) is 2.37. The van der Waals surface area contributed by atoms with Crippen molar-refractivity contribution in [3.63, 3.8) is 0 Å². The van der Waals surface area contributed by atoms with Crippen molar-refractivity contribution < 1.29 is 4.74 Å². The first-order chi connectivity index (χ1) is 8.29. The summed E-state index contributed by atoms with van der Waals surface area (Å²) < 4.78 is 5.38. The van der Waals surface area contributed by atoms with Crippen molar-refractivity contribution in [1.29, 1.82) is 0 Å². The Bertz CT molecular complexity index is 583. The van der Waals surface area contributed by atoms with Gasteiger partial charge in [0.05, 0.1) is 25.3 Å². The number of imidazole rings is 1. The summed E-state index contributed by atoms with van der Waals surface area (Å²) in [6, 6.07) is 4.32. The molecule has 1 aliphatic carbocycles. The molecule has 0 aliphatic heterocycles. The molecule has 17 heavy (non-hydrogen) atoms. The van der Waals surface area contributed by atoms with Crippen molar-refractivity contribution in [2.24, 2.45) is 0 Å². The topological polar surface area (TPSA) is 37.9 Å². The zero-order chi connectivity index (χ0) is 11.8. The molecule has 0 fully saturated rings. The van der Waals surface area contributed by atoms with E-state index in [4.69, 9.17) is 4.74 Å². The van der Waals surface area contributed by atoms with E-state index in [2.05, 4.69) is 35.1 Å². The van der Waals surface area contributed by atoms with Crippen molar-refractivity contribution in [3.8, 4) is 5.75 Å². The lowest BCUT2D eigenvalue weighted by molar-refractivity contribution is 0.411. The van der Waals surface area contributed by atoms with E-state index < -0.39 is 0 Å². The van der Waals surface area contributed by atoms with Crippen LogP contribution in [0.4, 0.5) is 0 Å². The van der Waals surface area contributed by atoms with Gasteiger partial charge in [0.1, 0.15) is 5.75 Å². The van der Waals surface area contributed by atoms with Crippen LogP contribution in [0.3, 0.4) is 0 Å². The summed E-state index contributed by atoms with van der Waals surface area (Å²) in [7, 11) is 1.71. The molecule has 0 unspecified atom stereocenters. The number of hydrogen-bond acceptors (Lipinski definition) is 2. The number of aromatic nitrogens is 2.